The van der Waals surface area contributed by atoms with E-state index in [2.05, 4.69) is 11.8 Å². The Kier molecular flexibility index (Phi) is 5.98. The fourth-order valence-corrected chi connectivity index (χ4v) is 3.35. The molecule has 142 valence electrons. The highest BCUT2D eigenvalue weighted by Gasteiger charge is 2.22. The van der Waals surface area contributed by atoms with E-state index < -0.39 is 0 Å². The van der Waals surface area contributed by atoms with Crippen molar-refractivity contribution in [1.29, 1.82) is 0 Å². The molecule has 1 aromatic rings. The Morgan fingerprint density at radius 3 is 2.42 bits per heavy atom. The van der Waals surface area contributed by atoms with Gasteiger partial charge in [-0.3, -0.25) is 9.59 Å². The van der Waals surface area contributed by atoms with Crippen LogP contribution in [0.4, 0.5) is 5.69 Å². The Bertz CT molecular complexity index is 656. The lowest BCUT2D eigenvalue weighted by atomic mass is 10.2. The monoisotopic (exact) mass is 361 g/mol. The molecule has 0 aromatic heterocycles. The first-order valence-corrected chi connectivity index (χ1v) is 9.26. The number of amides is 2. The van der Waals surface area contributed by atoms with Crippen molar-refractivity contribution >= 4 is 17.5 Å². The summed E-state index contributed by atoms with van der Waals surface area (Å²) >= 11 is 0. The fraction of sp³-hybridized carbons (Fsp3) is 0.579. The van der Waals surface area contributed by atoms with Crippen LogP contribution in [0.2, 0.25) is 0 Å². The van der Waals surface area contributed by atoms with Gasteiger partial charge in [0.25, 0.3) is 0 Å². The average Bonchev–Trinajstić information content (AvgIpc) is 2.67. The molecule has 2 amide bonds. The predicted octanol–water partition coefficient (Wildman–Crippen LogP) is 1.36. The van der Waals surface area contributed by atoms with E-state index >= 15 is 0 Å². The van der Waals surface area contributed by atoms with Crippen LogP contribution in [0, 0.1) is 0 Å². The number of piperazine rings is 1. The summed E-state index contributed by atoms with van der Waals surface area (Å²) in [4.78, 5) is 30.5. The van der Waals surface area contributed by atoms with E-state index in [-0.39, 0.29) is 11.8 Å². The van der Waals surface area contributed by atoms with E-state index in [1.54, 1.807) is 11.0 Å². The van der Waals surface area contributed by atoms with Crippen LogP contribution < -0.4 is 14.4 Å². The van der Waals surface area contributed by atoms with E-state index in [1.807, 2.05) is 17.0 Å². The van der Waals surface area contributed by atoms with E-state index in [9.17, 15) is 9.59 Å². The molecule has 7 heteroatoms. The Morgan fingerprint density at radius 1 is 1.08 bits per heavy atom. The highest BCUT2D eigenvalue weighted by atomic mass is 16.6. The first-order valence-electron chi connectivity index (χ1n) is 9.26. The number of nitrogens with zero attached hydrogens (tertiary/aromatic N) is 3. The normalized spacial score (nSPS) is 17.1. The second-order valence-electron chi connectivity index (χ2n) is 6.56. The number of carbonyl (C=O) groups excluding carboxylic acids is 2. The van der Waals surface area contributed by atoms with Crippen LogP contribution in [0.3, 0.4) is 0 Å². The van der Waals surface area contributed by atoms with Crippen molar-refractivity contribution in [3.05, 3.63) is 18.2 Å². The van der Waals surface area contributed by atoms with Crippen molar-refractivity contribution in [2.24, 2.45) is 0 Å². The molecule has 0 radical (unpaired) electrons. The summed E-state index contributed by atoms with van der Waals surface area (Å²) in [5.74, 6) is 1.34. The quantitative estimate of drug-likeness (QED) is 0.793. The van der Waals surface area contributed by atoms with Crippen molar-refractivity contribution in [2.45, 2.75) is 20.3 Å². The standard InChI is InChI=1S/C19H27N3O4/c1-3-20-8-10-21(11-9-20)19(24)6-7-22(15(2)23)16-4-5-17-18(14-16)26-13-12-25-17/h4-5,14H,3,6-13H2,1-2H3. The van der Waals surface area contributed by atoms with Gasteiger partial charge in [-0.15, -0.1) is 0 Å². The van der Waals surface area contributed by atoms with Crippen LogP contribution in [-0.2, 0) is 9.59 Å². The van der Waals surface area contributed by atoms with Gasteiger partial charge in [0.1, 0.15) is 13.2 Å². The molecule has 0 unspecified atom stereocenters. The summed E-state index contributed by atoms with van der Waals surface area (Å²) in [7, 11) is 0. The highest BCUT2D eigenvalue weighted by molar-refractivity contribution is 5.92. The Labute approximate surface area is 154 Å². The highest BCUT2D eigenvalue weighted by Crippen LogP contribution is 2.34. The second-order valence-corrected chi connectivity index (χ2v) is 6.56. The first-order chi connectivity index (χ1) is 12.6. The predicted molar refractivity (Wildman–Crippen MR) is 98.8 cm³/mol. The molecule has 2 aliphatic heterocycles. The third-order valence-electron chi connectivity index (χ3n) is 4.94. The minimum atomic E-state index is -0.0923. The van der Waals surface area contributed by atoms with Gasteiger partial charge in [-0.05, 0) is 18.7 Å². The van der Waals surface area contributed by atoms with Crippen molar-refractivity contribution in [3.8, 4) is 11.5 Å². The van der Waals surface area contributed by atoms with E-state index in [4.69, 9.17) is 9.47 Å². The van der Waals surface area contributed by atoms with Crippen molar-refractivity contribution < 1.29 is 19.1 Å². The third kappa shape index (κ3) is 4.27. The average molecular weight is 361 g/mol. The summed E-state index contributed by atoms with van der Waals surface area (Å²) in [6.45, 7) is 9.42. The summed E-state index contributed by atoms with van der Waals surface area (Å²) in [5.41, 5.74) is 0.727. The number of anilines is 1. The number of benzene rings is 1. The molecule has 0 spiro atoms. The molecular weight excluding hydrogens is 334 g/mol. The van der Waals surface area contributed by atoms with Gasteiger partial charge in [-0.2, -0.15) is 0 Å². The van der Waals surface area contributed by atoms with Crippen LogP contribution in [0.25, 0.3) is 0 Å². The number of likely N-dealkylation sites (N-methyl/N-ethyl adjacent to an activating group) is 1. The lowest BCUT2D eigenvalue weighted by Crippen LogP contribution is -2.49. The zero-order chi connectivity index (χ0) is 18.5. The molecule has 1 aromatic carbocycles. The maximum Gasteiger partial charge on any atom is 0.224 e. The van der Waals surface area contributed by atoms with Gasteiger partial charge in [0, 0.05) is 57.8 Å². The molecular formula is C19H27N3O4. The number of hydrogen-bond acceptors (Lipinski definition) is 5. The molecule has 2 heterocycles. The molecule has 0 saturated carbocycles. The van der Waals surface area contributed by atoms with Crippen molar-refractivity contribution in [2.75, 3.05) is 57.4 Å². The molecule has 26 heavy (non-hydrogen) atoms. The van der Waals surface area contributed by atoms with Crippen LogP contribution in [-0.4, -0.2) is 74.1 Å². The van der Waals surface area contributed by atoms with Crippen LogP contribution >= 0.6 is 0 Å². The minimum Gasteiger partial charge on any atom is -0.486 e. The van der Waals surface area contributed by atoms with Crippen LogP contribution in [0.1, 0.15) is 20.3 Å². The van der Waals surface area contributed by atoms with Gasteiger partial charge in [-0.25, -0.2) is 0 Å². The largest absolute Gasteiger partial charge is 0.486 e. The lowest BCUT2D eigenvalue weighted by molar-refractivity contribution is -0.132. The van der Waals surface area contributed by atoms with Gasteiger partial charge in [0.2, 0.25) is 11.8 Å². The molecule has 1 saturated heterocycles. The topological polar surface area (TPSA) is 62.3 Å². The zero-order valence-corrected chi connectivity index (χ0v) is 15.6. The molecule has 0 bridgehead atoms. The van der Waals surface area contributed by atoms with Crippen molar-refractivity contribution in [3.63, 3.8) is 0 Å². The maximum atomic E-state index is 12.5. The Hall–Kier alpha value is -2.28. The molecule has 3 rings (SSSR count). The van der Waals surface area contributed by atoms with Gasteiger partial charge in [0.05, 0.1) is 0 Å². The van der Waals surface area contributed by atoms with Gasteiger partial charge >= 0.3 is 0 Å². The second kappa shape index (κ2) is 8.40. The number of hydrogen-bond donors (Lipinski definition) is 0. The number of rotatable bonds is 5. The summed E-state index contributed by atoms with van der Waals surface area (Å²) in [6, 6.07) is 5.45. The number of fused-ring (bicyclic) bond motifs is 1. The summed E-state index contributed by atoms with van der Waals surface area (Å²) in [5, 5.41) is 0. The lowest BCUT2D eigenvalue weighted by Gasteiger charge is -2.34. The first kappa shape index (κ1) is 18.5. The van der Waals surface area contributed by atoms with E-state index in [0.29, 0.717) is 37.7 Å². The van der Waals surface area contributed by atoms with Gasteiger partial charge in [0.15, 0.2) is 11.5 Å². The summed E-state index contributed by atoms with van der Waals surface area (Å²) in [6.07, 6.45) is 0.320. The maximum absolute atomic E-state index is 12.5. The third-order valence-corrected chi connectivity index (χ3v) is 4.94. The smallest absolute Gasteiger partial charge is 0.224 e. The molecule has 0 N–H and O–H groups in total. The number of carbonyl (C=O) groups is 2. The molecule has 1 fully saturated rings. The van der Waals surface area contributed by atoms with E-state index in [0.717, 1.165) is 38.4 Å². The Morgan fingerprint density at radius 2 is 1.77 bits per heavy atom. The molecule has 7 nitrogen and oxygen atoms in total. The zero-order valence-electron chi connectivity index (χ0n) is 15.6. The molecule has 2 aliphatic rings. The Balaban J connectivity index is 1.60. The number of ether oxygens (including phenoxy) is 2. The minimum absolute atomic E-state index is 0.0923. The van der Waals surface area contributed by atoms with Crippen LogP contribution in [0.15, 0.2) is 18.2 Å². The molecule has 0 aliphatic carbocycles. The van der Waals surface area contributed by atoms with Gasteiger partial charge < -0.3 is 24.2 Å². The fourth-order valence-electron chi connectivity index (χ4n) is 3.35. The SMILES string of the molecule is CCN1CCN(C(=O)CCN(C(C)=O)c2ccc3c(c2)OCCO3)CC1. The van der Waals surface area contributed by atoms with Crippen molar-refractivity contribution in [1.82, 2.24) is 9.80 Å². The summed E-state index contributed by atoms with van der Waals surface area (Å²) < 4.78 is 11.1. The molecule has 0 atom stereocenters. The van der Waals surface area contributed by atoms with Gasteiger partial charge in [-0.1, -0.05) is 6.92 Å². The van der Waals surface area contributed by atoms with Crippen LogP contribution in [0.5, 0.6) is 11.5 Å². The van der Waals surface area contributed by atoms with E-state index in [1.165, 1.54) is 6.92 Å².